The fourth-order valence-corrected chi connectivity index (χ4v) is 1.93. The number of aliphatic imine (C=N–C) groups is 1. The summed E-state index contributed by atoms with van der Waals surface area (Å²) in [5.74, 6) is 0.576. The zero-order valence-corrected chi connectivity index (χ0v) is 12.0. The number of aryl methyl sites for hydroxylation is 1. The molecule has 104 valence electrons. The maximum Gasteiger partial charge on any atom is 0.166 e. The minimum atomic E-state index is 0.0428. The number of hydrogen-bond donors (Lipinski definition) is 1. The Labute approximate surface area is 119 Å². The van der Waals surface area contributed by atoms with Gasteiger partial charge < -0.3 is 9.84 Å². The van der Waals surface area contributed by atoms with Crippen molar-refractivity contribution in [2.45, 2.75) is 19.9 Å². The molecule has 2 aromatic rings. The second kappa shape index (κ2) is 6.24. The van der Waals surface area contributed by atoms with Gasteiger partial charge in [0.1, 0.15) is 0 Å². The molecule has 0 aliphatic heterocycles. The number of ether oxygens (including phenoxy) is 1. The highest BCUT2D eigenvalue weighted by Gasteiger charge is 2.06. The summed E-state index contributed by atoms with van der Waals surface area (Å²) in [6.45, 7) is 4.09. The molecule has 1 N–H and O–H groups in total. The van der Waals surface area contributed by atoms with E-state index >= 15 is 0 Å². The average Bonchev–Trinajstić information content (AvgIpc) is 2.46. The van der Waals surface area contributed by atoms with Crippen molar-refractivity contribution in [3.05, 3.63) is 59.2 Å². The van der Waals surface area contributed by atoms with Crippen LogP contribution in [-0.4, -0.2) is 18.4 Å². The molecular weight excluding hydrogens is 250 g/mol. The Bertz CT molecular complexity index is 603. The zero-order chi connectivity index (χ0) is 14.5. The molecule has 0 saturated heterocycles. The van der Waals surface area contributed by atoms with Crippen molar-refractivity contribution in [3.63, 3.8) is 0 Å². The van der Waals surface area contributed by atoms with Crippen molar-refractivity contribution in [1.29, 1.82) is 0 Å². The lowest BCUT2D eigenvalue weighted by Gasteiger charge is -2.08. The molecule has 0 aliphatic rings. The molecule has 2 aromatic carbocycles. The minimum absolute atomic E-state index is 0.0428. The molecule has 0 amide bonds. The smallest absolute Gasteiger partial charge is 0.166 e. The van der Waals surface area contributed by atoms with E-state index in [0.29, 0.717) is 11.3 Å². The lowest BCUT2D eigenvalue weighted by atomic mass is 10.1. The molecule has 3 heteroatoms. The monoisotopic (exact) mass is 269 g/mol. The van der Waals surface area contributed by atoms with E-state index in [1.165, 1.54) is 12.7 Å². The molecule has 0 radical (unpaired) electrons. The van der Waals surface area contributed by atoms with E-state index in [0.717, 1.165) is 5.56 Å². The third-order valence-corrected chi connectivity index (χ3v) is 3.25. The largest absolute Gasteiger partial charge is 0.504 e. The predicted molar refractivity (Wildman–Crippen MR) is 81.8 cm³/mol. The molecule has 0 aliphatic carbocycles. The zero-order valence-electron chi connectivity index (χ0n) is 12.0. The van der Waals surface area contributed by atoms with Gasteiger partial charge in [-0.3, -0.25) is 4.99 Å². The van der Waals surface area contributed by atoms with Crippen LogP contribution in [0, 0.1) is 6.92 Å². The van der Waals surface area contributed by atoms with Gasteiger partial charge in [-0.25, -0.2) is 0 Å². The highest BCUT2D eigenvalue weighted by molar-refractivity contribution is 5.84. The van der Waals surface area contributed by atoms with Crippen LogP contribution in [0.3, 0.4) is 0 Å². The Hall–Kier alpha value is -2.29. The van der Waals surface area contributed by atoms with Gasteiger partial charge in [-0.15, -0.1) is 0 Å². The fourth-order valence-electron chi connectivity index (χ4n) is 1.93. The number of rotatable bonds is 4. The summed E-state index contributed by atoms with van der Waals surface area (Å²) < 4.78 is 5.08. The number of phenolic OH excluding ortho intramolecular Hbond substituents is 1. The average molecular weight is 269 g/mol. The van der Waals surface area contributed by atoms with E-state index in [-0.39, 0.29) is 11.8 Å². The number of methoxy groups -OCH3 is 1. The van der Waals surface area contributed by atoms with Crippen LogP contribution in [0.15, 0.2) is 47.5 Å². The van der Waals surface area contributed by atoms with Crippen LogP contribution in [0.2, 0.25) is 0 Å². The van der Waals surface area contributed by atoms with Crippen molar-refractivity contribution in [2.75, 3.05) is 7.11 Å². The number of benzene rings is 2. The van der Waals surface area contributed by atoms with E-state index in [4.69, 9.17) is 4.74 Å². The maximum absolute atomic E-state index is 9.99. The van der Waals surface area contributed by atoms with Gasteiger partial charge in [-0.1, -0.05) is 35.9 Å². The first-order chi connectivity index (χ1) is 9.61. The summed E-state index contributed by atoms with van der Waals surface area (Å²) in [5.41, 5.74) is 3.04. The topological polar surface area (TPSA) is 41.8 Å². The summed E-state index contributed by atoms with van der Waals surface area (Å²) >= 11 is 0. The quantitative estimate of drug-likeness (QED) is 0.856. The first-order valence-corrected chi connectivity index (χ1v) is 6.57. The summed E-state index contributed by atoms with van der Waals surface area (Å²) in [6, 6.07) is 13.7. The molecule has 0 saturated carbocycles. The second-order valence-electron chi connectivity index (χ2n) is 4.76. The van der Waals surface area contributed by atoms with E-state index in [2.05, 4.69) is 36.2 Å². The van der Waals surface area contributed by atoms with E-state index in [9.17, 15) is 5.11 Å². The standard InChI is InChI=1S/C17H19NO2/c1-12-7-9-14(10-8-12)13(2)18-11-15-5-4-6-16(20-3)17(15)19/h4-11,13,19H,1-3H3/b18-11-/t13-/m1/s1. The molecule has 0 unspecified atom stereocenters. The Kier molecular flexibility index (Phi) is 4.41. The van der Waals surface area contributed by atoms with Crippen LogP contribution < -0.4 is 4.74 Å². The predicted octanol–water partition coefficient (Wildman–Crippen LogP) is 3.89. The third-order valence-electron chi connectivity index (χ3n) is 3.25. The SMILES string of the molecule is COc1cccc(/C=N\[C@H](C)c2ccc(C)cc2)c1O. The normalized spacial score (nSPS) is 12.6. The van der Waals surface area contributed by atoms with Crippen LogP contribution in [-0.2, 0) is 0 Å². The van der Waals surface area contributed by atoms with Crippen molar-refractivity contribution < 1.29 is 9.84 Å². The Morgan fingerprint density at radius 3 is 2.50 bits per heavy atom. The van der Waals surface area contributed by atoms with Gasteiger partial charge in [-0.05, 0) is 31.5 Å². The maximum atomic E-state index is 9.99. The summed E-state index contributed by atoms with van der Waals surface area (Å²) in [6.07, 6.45) is 1.68. The Morgan fingerprint density at radius 2 is 1.85 bits per heavy atom. The number of nitrogens with zero attached hydrogens (tertiary/aromatic N) is 1. The Balaban J connectivity index is 2.19. The summed E-state index contributed by atoms with van der Waals surface area (Å²) in [7, 11) is 1.53. The number of phenols is 1. The fraction of sp³-hybridized carbons (Fsp3) is 0.235. The van der Waals surface area contributed by atoms with Crippen LogP contribution in [0.25, 0.3) is 0 Å². The first-order valence-electron chi connectivity index (χ1n) is 6.57. The molecule has 0 bridgehead atoms. The summed E-state index contributed by atoms with van der Waals surface area (Å²) in [5, 5.41) is 9.99. The van der Waals surface area contributed by atoms with Crippen molar-refractivity contribution in [3.8, 4) is 11.5 Å². The van der Waals surface area contributed by atoms with Gasteiger partial charge in [0.25, 0.3) is 0 Å². The highest BCUT2D eigenvalue weighted by Crippen LogP contribution is 2.28. The van der Waals surface area contributed by atoms with Gasteiger partial charge in [0.2, 0.25) is 0 Å². The molecule has 20 heavy (non-hydrogen) atoms. The lowest BCUT2D eigenvalue weighted by molar-refractivity contribution is 0.373. The molecule has 0 heterocycles. The number of aromatic hydroxyl groups is 1. The van der Waals surface area contributed by atoms with E-state index < -0.39 is 0 Å². The van der Waals surface area contributed by atoms with Crippen LogP contribution >= 0.6 is 0 Å². The van der Waals surface area contributed by atoms with Crippen molar-refractivity contribution >= 4 is 6.21 Å². The molecule has 0 fully saturated rings. The van der Waals surface area contributed by atoms with Gasteiger partial charge in [0.15, 0.2) is 11.5 Å². The van der Waals surface area contributed by atoms with Crippen LogP contribution in [0.5, 0.6) is 11.5 Å². The number of para-hydroxylation sites is 1. The second-order valence-corrected chi connectivity index (χ2v) is 4.76. The molecule has 3 nitrogen and oxygen atoms in total. The van der Waals surface area contributed by atoms with Crippen LogP contribution in [0.1, 0.15) is 29.7 Å². The lowest BCUT2D eigenvalue weighted by Crippen LogP contribution is -1.93. The summed E-state index contributed by atoms with van der Waals surface area (Å²) in [4.78, 5) is 4.49. The molecule has 0 aromatic heterocycles. The van der Waals surface area contributed by atoms with Gasteiger partial charge in [0.05, 0.1) is 13.2 Å². The highest BCUT2D eigenvalue weighted by atomic mass is 16.5. The van der Waals surface area contributed by atoms with Gasteiger partial charge in [-0.2, -0.15) is 0 Å². The van der Waals surface area contributed by atoms with Gasteiger partial charge in [0, 0.05) is 11.8 Å². The molecule has 1 atom stereocenters. The molecule has 0 spiro atoms. The van der Waals surface area contributed by atoms with Gasteiger partial charge >= 0.3 is 0 Å². The molecule has 2 rings (SSSR count). The van der Waals surface area contributed by atoms with E-state index in [1.54, 1.807) is 12.3 Å². The number of hydrogen-bond acceptors (Lipinski definition) is 3. The third kappa shape index (κ3) is 3.18. The van der Waals surface area contributed by atoms with E-state index in [1.807, 2.05) is 19.1 Å². The Morgan fingerprint density at radius 1 is 1.15 bits per heavy atom. The van der Waals surface area contributed by atoms with Crippen molar-refractivity contribution in [2.24, 2.45) is 4.99 Å². The van der Waals surface area contributed by atoms with Crippen molar-refractivity contribution in [1.82, 2.24) is 0 Å². The first kappa shape index (κ1) is 14.1. The van der Waals surface area contributed by atoms with Crippen LogP contribution in [0.4, 0.5) is 0 Å². The minimum Gasteiger partial charge on any atom is -0.504 e. The molecular formula is C17H19NO2.